The number of furan rings is 1. The highest BCUT2D eigenvalue weighted by atomic mass is 16.4. The summed E-state index contributed by atoms with van der Waals surface area (Å²) < 4.78 is 6.11. The molecule has 1 N–H and O–H groups in total. The largest absolute Gasteiger partial charge is 0.458 e. The van der Waals surface area contributed by atoms with Gasteiger partial charge >= 0.3 is 0 Å². The molecule has 4 nitrogen and oxygen atoms in total. The second kappa shape index (κ2) is 6.95. The summed E-state index contributed by atoms with van der Waals surface area (Å²) in [6, 6.07) is 17.1. The number of benzene rings is 2. The normalized spacial score (nSPS) is 18.5. The summed E-state index contributed by atoms with van der Waals surface area (Å²) in [7, 11) is 2.11. The third kappa shape index (κ3) is 3.20. The maximum atomic E-state index is 12.0. The topological polar surface area (TPSA) is 53.7 Å². The van der Waals surface area contributed by atoms with Gasteiger partial charge in [0, 0.05) is 16.9 Å². The van der Waals surface area contributed by atoms with E-state index in [1.165, 1.54) is 0 Å². The number of hydrogen-bond acceptors (Lipinski definition) is 4. The summed E-state index contributed by atoms with van der Waals surface area (Å²) in [5.41, 5.74) is 0.990. The van der Waals surface area contributed by atoms with Crippen LogP contribution in [0.4, 0.5) is 0 Å². The van der Waals surface area contributed by atoms with Crippen LogP contribution in [0.3, 0.4) is 0 Å². The van der Waals surface area contributed by atoms with Crippen molar-refractivity contribution in [1.29, 1.82) is 0 Å². The fraction of sp³-hybridized carbons (Fsp3) is 0.348. The van der Waals surface area contributed by atoms with E-state index in [1.807, 2.05) is 42.5 Å². The van der Waals surface area contributed by atoms with Gasteiger partial charge in [-0.1, -0.05) is 42.5 Å². The molecule has 1 aromatic heterocycles. The summed E-state index contributed by atoms with van der Waals surface area (Å²) in [6.45, 7) is 3.44. The van der Waals surface area contributed by atoms with Crippen molar-refractivity contribution in [3.05, 3.63) is 71.5 Å². The molecule has 4 rings (SSSR count). The number of Topliss-reactive ketones (excluding diaryl/α,β-unsaturated/α-hetero) is 1. The average Bonchev–Trinajstić information content (AvgIpc) is 3.13. The number of ketones is 1. The van der Waals surface area contributed by atoms with Crippen LogP contribution < -0.4 is 0 Å². The summed E-state index contributed by atoms with van der Waals surface area (Å²) in [4.78, 5) is 13.9. The van der Waals surface area contributed by atoms with Crippen LogP contribution in [0.2, 0.25) is 0 Å². The predicted molar refractivity (Wildman–Crippen MR) is 106 cm³/mol. The van der Waals surface area contributed by atoms with E-state index in [9.17, 15) is 9.90 Å². The van der Waals surface area contributed by atoms with Gasteiger partial charge in [-0.05, 0) is 57.6 Å². The summed E-state index contributed by atoms with van der Waals surface area (Å²) in [5.74, 6) is 0.652. The highest BCUT2D eigenvalue weighted by molar-refractivity contribution is 5.94. The first-order chi connectivity index (χ1) is 13.0. The number of likely N-dealkylation sites (tertiary alicyclic amines) is 1. The number of aliphatic hydroxyl groups is 1. The second-order valence-electron chi connectivity index (χ2n) is 7.63. The smallest absolute Gasteiger partial charge is 0.159 e. The van der Waals surface area contributed by atoms with Crippen molar-refractivity contribution >= 4 is 16.8 Å². The molecular formula is C23H25NO3. The van der Waals surface area contributed by atoms with E-state index < -0.39 is 5.60 Å². The Labute approximate surface area is 159 Å². The molecule has 1 saturated heterocycles. The van der Waals surface area contributed by atoms with E-state index in [0.717, 1.165) is 42.5 Å². The molecule has 1 fully saturated rings. The van der Waals surface area contributed by atoms with Gasteiger partial charge in [-0.15, -0.1) is 0 Å². The van der Waals surface area contributed by atoms with Crippen LogP contribution in [0, 0.1) is 5.92 Å². The first kappa shape index (κ1) is 18.0. The zero-order chi connectivity index (χ0) is 19.0. The fourth-order valence-corrected chi connectivity index (χ4v) is 4.13. The molecule has 1 atom stereocenters. The van der Waals surface area contributed by atoms with E-state index in [1.54, 1.807) is 19.1 Å². The molecular weight excluding hydrogens is 338 g/mol. The van der Waals surface area contributed by atoms with Crippen LogP contribution >= 0.6 is 0 Å². The molecule has 0 spiro atoms. The van der Waals surface area contributed by atoms with Crippen molar-refractivity contribution in [2.75, 3.05) is 20.1 Å². The molecule has 0 aliphatic carbocycles. The van der Waals surface area contributed by atoms with Crippen molar-refractivity contribution in [1.82, 2.24) is 4.90 Å². The SMILES string of the molecule is CC(=O)c1ccc(C(O)(c2cc3ccccc3o2)C2CCN(C)CC2)cc1. The van der Waals surface area contributed by atoms with Crippen molar-refractivity contribution in [2.24, 2.45) is 5.92 Å². The fourth-order valence-electron chi connectivity index (χ4n) is 4.13. The lowest BCUT2D eigenvalue weighted by Gasteiger charge is -2.39. The number of piperidine rings is 1. The van der Waals surface area contributed by atoms with Gasteiger partial charge in [0.1, 0.15) is 16.9 Å². The van der Waals surface area contributed by atoms with Gasteiger partial charge in [0.2, 0.25) is 0 Å². The summed E-state index contributed by atoms with van der Waals surface area (Å²) >= 11 is 0. The van der Waals surface area contributed by atoms with Crippen LogP contribution in [0.1, 0.15) is 41.4 Å². The number of para-hydroxylation sites is 1. The zero-order valence-electron chi connectivity index (χ0n) is 15.8. The molecule has 0 radical (unpaired) electrons. The maximum Gasteiger partial charge on any atom is 0.159 e. The number of nitrogens with zero attached hydrogens (tertiary/aromatic N) is 1. The number of carbonyl (C=O) groups excluding carboxylic acids is 1. The van der Waals surface area contributed by atoms with E-state index in [2.05, 4.69) is 11.9 Å². The lowest BCUT2D eigenvalue weighted by Crippen LogP contribution is -2.43. The standard InChI is InChI=1S/C23H25NO3/c1-16(25)17-7-9-19(10-8-17)23(26,20-11-13-24(2)14-12-20)22-15-18-5-3-4-6-21(18)27-22/h3-10,15,20,26H,11-14H2,1-2H3. The lowest BCUT2D eigenvalue weighted by molar-refractivity contribution is -0.0262. The minimum Gasteiger partial charge on any atom is -0.458 e. The molecule has 0 amide bonds. The Morgan fingerprint density at radius 1 is 1.11 bits per heavy atom. The zero-order valence-corrected chi connectivity index (χ0v) is 15.8. The Morgan fingerprint density at radius 2 is 1.78 bits per heavy atom. The molecule has 2 heterocycles. The molecule has 1 aliphatic rings. The monoisotopic (exact) mass is 363 g/mol. The minimum absolute atomic E-state index is 0.0214. The Hall–Kier alpha value is -2.43. The molecule has 27 heavy (non-hydrogen) atoms. The van der Waals surface area contributed by atoms with Gasteiger partial charge < -0.3 is 14.4 Å². The van der Waals surface area contributed by atoms with Crippen molar-refractivity contribution < 1.29 is 14.3 Å². The van der Waals surface area contributed by atoms with E-state index in [-0.39, 0.29) is 11.7 Å². The quantitative estimate of drug-likeness (QED) is 0.706. The second-order valence-corrected chi connectivity index (χ2v) is 7.63. The van der Waals surface area contributed by atoms with Crippen LogP contribution in [0.5, 0.6) is 0 Å². The first-order valence-electron chi connectivity index (χ1n) is 9.50. The van der Waals surface area contributed by atoms with E-state index in [0.29, 0.717) is 11.3 Å². The third-order valence-electron chi connectivity index (χ3n) is 5.84. The van der Waals surface area contributed by atoms with Gasteiger partial charge in [-0.25, -0.2) is 0 Å². The van der Waals surface area contributed by atoms with Crippen LogP contribution in [-0.2, 0) is 5.60 Å². The van der Waals surface area contributed by atoms with Gasteiger partial charge in [0.15, 0.2) is 5.78 Å². The Morgan fingerprint density at radius 3 is 2.41 bits per heavy atom. The summed E-state index contributed by atoms with van der Waals surface area (Å²) in [6.07, 6.45) is 1.77. The molecule has 140 valence electrons. The molecule has 0 saturated carbocycles. The van der Waals surface area contributed by atoms with E-state index >= 15 is 0 Å². The van der Waals surface area contributed by atoms with Gasteiger partial charge in [0.25, 0.3) is 0 Å². The molecule has 2 aromatic carbocycles. The van der Waals surface area contributed by atoms with Crippen molar-refractivity contribution in [3.63, 3.8) is 0 Å². The number of rotatable bonds is 4. The van der Waals surface area contributed by atoms with Crippen molar-refractivity contribution in [2.45, 2.75) is 25.4 Å². The Balaban J connectivity index is 1.82. The highest BCUT2D eigenvalue weighted by Crippen LogP contribution is 2.43. The molecule has 3 aromatic rings. The molecule has 0 bridgehead atoms. The Kier molecular flexibility index (Phi) is 4.62. The number of carbonyl (C=O) groups is 1. The number of hydrogen-bond donors (Lipinski definition) is 1. The van der Waals surface area contributed by atoms with E-state index in [4.69, 9.17) is 4.42 Å². The molecule has 4 heteroatoms. The molecule has 1 aliphatic heterocycles. The minimum atomic E-state index is -1.21. The number of fused-ring (bicyclic) bond motifs is 1. The van der Waals surface area contributed by atoms with Crippen LogP contribution in [0.25, 0.3) is 11.0 Å². The van der Waals surface area contributed by atoms with Crippen LogP contribution in [-0.4, -0.2) is 35.9 Å². The summed E-state index contributed by atoms with van der Waals surface area (Å²) in [5, 5.41) is 13.0. The third-order valence-corrected chi connectivity index (χ3v) is 5.84. The highest BCUT2D eigenvalue weighted by Gasteiger charge is 2.44. The maximum absolute atomic E-state index is 12.0. The van der Waals surface area contributed by atoms with Crippen molar-refractivity contribution in [3.8, 4) is 0 Å². The van der Waals surface area contributed by atoms with Gasteiger partial charge in [0.05, 0.1) is 0 Å². The first-order valence-corrected chi connectivity index (χ1v) is 9.50. The lowest BCUT2D eigenvalue weighted by atomic mass is 9.74. The Bertz CT molecular complexity index is 918. The van der Waals surface area contributed by atoms with Crippen LogP contribution in [0.15, 0.2) is 59.0 Å². The molecule has 1 unspecified atom stereocenters. The van der Waals surface area contributed by atoms with Gasteiger partial charge in [-0.2, -0.15) is 0 Å². The van der Waals surface area contributed by atoms with Gasteiger partial charge in [-0.3, -0.25) is 4.79 Å². The average molecular weight is 363 g/mol. The predicted octanol–water partition coefficient (Wildman–Crippen LogP) is 4.21.